The van der Waals surface area contributed by atoms with E-state index in [1.807, 2.05) is 0 Å². The van der Waals surface area contributed by atoms with Crippen LogP contribution in [0.1, 0.15) is 0 Å². The Morgan fingerprint density at radius 2 is 1.86 bits per heavy atom. The summed E-state index contributed by atoms with van der Waals surface area (Å²) in [5.74, 6) is 0.541. The predicted octanol–water partition coefficient (Wildman–Crippen LogP) is 1.80. The number of aryl methyl sites for hydroxylation is 1. The van der Waals surface area contributed by atoms with Crippen LogP contribution in [0, 0.1) is 0 Å². The molecule has 5 nitrogen and oxygen atoms in total. The lowest BCUT2D eigenvalue weighted by Gasteiger charge is -1.96. The van der Waals surface area contributed by atoms with E-state index in [1.54, 1.807) is 24.0 Å². The molecule has 0 radical (unpaired) electrons. The van der Waals surface area contributed by atoms with E-state index in [2.05, 4.69) is 52.1 Å². The van der Waals surface area contributed by atoms with Crippen molar-refractivity contribution in [1.82, 2.24) is 25.0 Å². The van der Waals surface area contributed by atoms with Crippen LogP contribution in [0.3, 0.4) is 0 Å². The van der Waals surface area contributed by atoms with Crippen LogP contribution in [0.4, 0.5) is 0 Å². The molecule has 72 valence electrons. The van der Waals surface area contributed by atoms with Gasteiger partial charge in [-0.25, -0.2) is 9.97 Å². The Hall–Kier alpha value is -0.820. The van der Waals surface area contributed by atoms with E-state index < -0.39 is 0 Å². The van der Waals surface area contributed by atoms with Crippen LogP contribution in [-0.4, -0.2) is 25.0 Å². The maximum atomic E-state index is 4.18. The molecule has 2 aromatic heterocycles. The zero-order chi connectivity index (χ0) is 10.1. The number of aromatic nitrogens is 5. The Kier molecular flexibility index (Phi) is 2.60. The van der Waals surface area contributed by atoms with Crippen molar-refractivity contribution in [3.8, 4) is 11.5 Å². The molecule has 2 heterocycles. The van der Waals surface area contributed by atoms with Gasteiger partial charge in [0.15, 0.2) is 5.82 Å². The van der Waals surface area contributed by atoms with Crippen LogP contribution in [0.2, 0.25) is 0 Å². The Morgan fingerprint density at radius 3 is 2.36 bits per heavy atom. The van der Waals surface area contributed by atoms with Crippen molar-refractivity contribution >= 4 is 31.9 Å². The highest BCUT2D eigenvalue weighted by Gasteiger charge is 2.07. The molecular formula is C7H5Br2N5. The second kappa shape index (κ2) is 3.74. The van der Waals surface area contributed by atoms with Gasteiger partial charge in [0.2, 0.25) is 0 Å². The third-order valence-corrected chi connectivity index (χ3v) is 2.31. The highest BCUT2D eigenvalue weighted by atomic mass is 79.9. The molecule has 0 bridgehead atoms. The van der Waals surface area contributed by atoms with Crippen LogP contribution < -0.4 is 0 Å². The molecule has 0 amide bonds. The van der Waals surface area contributed by atoms with Crippen LogP contribution in [0.5, 0.6) is 0 Å². The molecule has 0 atom stereocenters. The molecule has 0 saturated heterocycles. The lowest BCUT2D eigenvalue weighted by Crippen LogP contribution is -1.90. The van der Waals surface area contributed by atoms with Gasteiger partial charge < -0.3 is 0 Å². The Morgan fingerprint density at radius 1 is 1.21 bits per heavy atom. The molecule has 2 aromatic rings. The first-order valence-corrected chi connectivity index (χ1v) is 5.30. The lowest BCUT2D eigenvalue weighted by molar-refractivity contribution is 0.715. The first-order valence-electron chi connectivity index (χ1n) is 3.72. The monoisotopic (exact) mass is 317 g/mol. The van der Waals surface area contributed by atoms with E-state index in [-0.39, 0.29) is 0 Å². The molecule has 14 heavy (non-hydrogen) atoms. The highest BCUT2D eigenvalue weighted by Crippen LogP contribution is 2.18. The van der Waals surface area contributed by atoms with Gasteiger partial charge in [-0.05, 0) is 31.9 Å². The Balaban J connectivity index is 2.51. The van der Waals surface area contributed by atoms with Gasteiger partial charge in [0.25, 0.3) is 0 Å². The zero-order valence-electron chi connectivity index (χ0n) is 7.15. The first kappa shape index (κ1) is 9.72. The molecular weight excluding hydrogens is 314 g/mol. The summed E-state index contributed by atoms with van der Waals surface area (Å²) in [5.41, 5.74) is 0.648. The van der Waals surface area contributed by atoms with Gasteiger partial charge in [0, 0.05) is 13.1 Å². The number of hydrogen-bond acceptors (Lipinski definition) is 4. The number of nitrogens with zero attached hydrogens (tertiary/aromatic N) is 5. The number of hydrogen-bond donors (Lipinski definition) is 0. The fraction of sp³-hybridized carbons (Fsp3) is 0.143. The SMILES string of the molecule is Cn1cc(-c2nc(Br)cc(Br)n2)nn1. The molecule has 7 heteroatoms. The quantitative estimate of drug-likeness (QED) is 0.752. The molecule has 0 aliphatic rings. The normalized spacial score (nSPS) is 10.5. The molecule has 0 spiro atoms. The Labute approximate surface area is 96.8 Å². The second-order valence-electron chi connectivity index (χ2n) is 2.61. The van der Waals surface area contributed by atoms with Crippen molar-refractivity contribution in [2.24, 2.45) is 7.05 Å². The summed E-state index contributed by atoms with van der Waals surface area (Å²) in [4.78, 5) is 8.35. The molecule has 0 aliphatic heterocycles. The molecule has 2 rings (SSSR count). The van der Waals surface area contributed by atoms with Crippen molar-refractivity contribution in [2.75, 3.05) is 0 Å². The van der Waals surface area contributed by atoms with Gasteiger partial charge in [-0.3, -0.25) is 4.68 Å². The fourth-order valence-electron chi connectivity index (χ4n) is 0.955. The first-order chi connectivity index (χ1) is 6.65. The largest absolute Gasteiger partial charge is 0.255 e. The summed E-state index contributed by atoms with van der Waals surface area (Å²) in [7, 11) is 1.80. The van der Waals surface area contributed by atoms with Crippen LogP contribution in [0.15, 0.2) is 21.5 Å². The molecule has 0 N–H and O–H groups in total. The second-order valence-corrected chi connectivity index (χ2v) is 4.24. The fourth-order valence-corrected chi connectivity index (χ4v) is 2.03. The Bertz CT molecular complexity index is 447. The summed E-state index contributed by atoms with van der Waals surface area (Å²) in [5, 5.41) is 7.72. The standard InChI is InChI=1S/C7H5Br2N5/c1-14-3-4(12-13-14)7-10-5(8)2-6(9)11-7/h2-3H,1H3. The third kappa shape index (κ3) is 1.98. The average Bonchev–Trinajstić information content (AvgIpc) is 2.50. The topological polar surface area (TPSA) is 56.5 Å². The van der Waals surface area contributed by atoms with Crippen molar-refractivity contribution in [2.45, 2.75) is 0 Å². The summed E-state index contributed by atoms with van der Waals surface area (Å²) in [6, 6.07) is 1.76. The van der Waals surface area contributed by atoms with Gasteiger partial charge in [0.05, 0.1) is 6.20 Å². The van der Waals surface area contributed by atoms with Gasteiger partial charge in [0.1, 0.15) is 14.9 Å². The minimum atomic E-state index is 0.541. The smallest absolute Gasteiger partial charge is 0.183 e. The van der Waals surface area contributed by atoms with E-state index in [9.17, 15) is 0 Å². The molecule has 0 aliphatic carbocycles. The van der Waals surface area contributed by atoms with Crippen molar-refractivity contribution in [3.05, 3.63) is 21.5 Å². The maximum Gasteiger partial charge on any atom is 0.183 e. The van der Waals surface area contributed by atoms with Gasteiger partial charge in [-0.1, -0.05) is 5.21 Å². The lowest BCUT2D eigenvalue weighted by atomic mass is 10.4. The van der Waals surface area contributed by atoms with Gasteiger partial charge in [-0.2, -0.15) is 0 Å². The van der Waals surface area contributed by atoms with Gasteiger partial charge >= 0.3 is 0 Å². The average molecular weight is 319 g/mol. The number of rotatable bonds is 1. The summed E-state index contributed by atoms with van der Waals surface area (Å²) in [6.45, 7) is 0. The molecule has 0 aromatic carbocycles. The zero-order valence-corrected chi connectivity index (χ0v) is 10.3. The maximum absolute atomic E-state index is 4.18. The summed E-state index contributed by atoms with van der Waals surface area (Å²) < 4.78 is 3.02. The molecule has 0 fully saturated rings. The number of halogens is 2. The van der Waals surface area contributed by atoms with Crippen LogP contribution in [-0.2, 0) is 7.05 Å². The van der Waals surface area contributed by atoms with E-state index in [4.69, 9.17) is 0 Å². The molecule has 0 saturated carbocycles. The third-order valence-electron chi connectivity index (χ3n) is 1.50. The summed E-state index contributed by atoms with van der Waals surface area (Å²) >= 11 is 6.56. The minimum Gasteiger partial charge on any atom is -0.255 e. The summed E-state index contributed by atoms with van der Waals surface area (Å²) in [6.07, 6.45) is 1.76. The predicted molar refractivity (Wildman–Crippen MR) is 57.4 cm³/mol. The van der Waals surface area contributed by atoms with Crippen molar-refractivity contribution in [3.63, 3.8) is 0 Å². The van der Waals surface area contributed by atoms with Crippen molar-refractivity contribution < 1.29 is 0 Å². The van der Waals surface area contributed by atoms with Gasteiger partial charge in [-0.15, -0.1) is 5.10 Å². The van der Waals surface area contributed by atoms with E-state index in [0.29, 0.717) is 20.7 Å². The van der Waals surface area contributed by atoms with Crippen LogP contribution in [0.25, 0.3) is 11.5 Å². The van der Waals surface area contributed by atoms with Crippen molar-refractivity contribution in [1.29, 1.82) is 0 Å². The van der Waals surface area contributed by atoms with Crippen LogP contribution >= 0.6 is 31.9 Å². The van der Waals surface area contributed by atoms with E-state index >= 15 is 0 Å². The minimum absolute atomic E-state index is 0.541. The highest BCUT2D eigenvalue weighted by molar-refractivity contribution is 9.11. The van der Waals surface area contributed by atoms with E-state index in [0.717, 1.165) is 0 Å². The van der Waals surface area contributed by atoms with E-state index in [1.165, 1.54) is 0 Å². The molecule has 0 unspecified atom stereocenters.